The summed E-state index contributed by atoms with van der Waals surface area (Å²) in [5, 5.41) is -0.352. The number of carbonyl (C=O) groups is 1. The first kappa shape index (κ1) is 18.0. The summed E-state index contributed by atoms with van der Waals surface area (Å²) in [6, 6.07) is 1.86. The molecule has 0 heterocycles. The van der Waals surface area contributed by atoms with Crippen LogP contribution in [-0.4, -0.2) is 39.4 Å². The van der Waals surface area contributed by atoms with Crippen molar-refractivity contribution in [3.8, 4) is 0 Å². The molecule has 6 nitrogen and oxygen atoms in total. The third kappa shape index (κ3) is 4.99. The molecule has 118 valence electrons. The Kier molecular flexibility index (Phi) is 6.21. The minimum absolute atomic E-state index is 0.0988. The monoisotopic (exact) mass is 358 g/mol. The molecule has 0 aliphatic heterocycles. The fourth-order valence-corrected chi connectivity index (χ4v) is 2.95. The highest BCUT2D eigenvalue weighted by Crippen LogP contribution is 2.32. The van der Waals surface area contributed by atoms with Gasteiger partial charge in [-0.3, -0.25) is 9.52 Å². The summed E-state index contributed by atoms with van der Waals surface area (Å²) in [5.41, 5.74) is -0.135. The SMILES string of the molecule is COC(=O)CCN(C)S(=O)(=O)Nc1c(Cl)cc(F)cc1Cl. The summed E-state index contributed by atoms with van der Waals surface area (Å²) in [5.74, 6) is -1.23. The van der Waals surface area contributed by atoms with E-state index in [1.54, 1.807) is 0 Å². The van der Waals surface area contributed by atoms with Gasteiger partial charge in [-0.15, -0.1) is 0 Å². The van der Waals surface area contributed by atoms with Gasteiger partial charge < -0.3 is 4.74 Å². The van der Waals surface area contributed by atoms with Crippen LogP contribution < -0.4 is 4.72 Å². The van der Waals surface area contributed by atoms with Gasteiger partial charge in [0.05, 0.1) is 29.3 Å². The third-order valence-corrected chi connectivity index (χ3v) is 4.57. The van der Waals surface area contributed by atoms with Crippen molar-refractivity contribution in [1.82, 2.24) is 4.31 Å². The Morgan fingerprint density at radius 2 is 1.90 bits per heavy atom. The number of methoxy groups -OCH3 is 1. The van der Waals surface area contributed by atoms with E-state index in [0.29, 0.717) is 0 Å². The van der Waals surface area contributed by atoms with Crippen LogP contribution >= 0.6 is 23.2 Å². The Morgan fingerprint density at radius 3 is 2.38 bits per heavy atom. The Morgan fingerprint density at radius 1 is 1.38 bits per heavy atom. The number of ether oxygens (including phenoxy) is 1. The van der Waals surface area contributed by atoms with Crippen molar-refractivity contribution >= 4 is 45.1 Å². The Labute approximate surface area is 132 Å². The summed E-state index contributed by atoms with van der Waals surface area (Å²) in [7, 11) is -1.53. The number of halogens is 3. The maximum Gasteiger partial charge on any atom is 0.306 e. The maximum absolute atomic E-state index is 13.0. The lowest BCUT2D eigenvalue weighted by Crippen LogP contribution is -2.34. The van der Waals surface area contributed by atoms with E-state index in [2.05, 4.69) is 9.46 Å². The number of nitrogens with zero attached hydrogens (tertiary/aromatic N) is 1. The first-order valence-electron chi connectivity index (χ1n) is 5.63. The molecule has 0 radical (unpaired) electrons. The second kappa shape index (κ2) is 7.26. The topological polar surface area (TPSA) is 75.7 Å². The van der Waals surface area contributed by atoms with Gasteiger partial charge >= 0.3 is 16.2 Å². The first-order valence-corrected chi connectivity index (χ1v) is 7.82. The Hall–Kier alpha value is -1.09. The van der Waals surface area contributed by atoms with Crippen molar-refractivity contribution in [1.29, 1.82) is 0 Å². The van der Waals surface area contributed by atoms with Crippen molar-refractivity contribution in [3.05, 3.63) is 28.0 Å². The van der Waals surface area contributed by atoms with Gasteiger partial charge in [0.2, 0.25) is 0 Å². The van der Waals surface area contributed by atoms with Gasteiger partial charge in [0.15, 0.2) is 0 Å². The standard InChI is InChI=1S/C11H13Cl2FN2O4S/c1-16(4-3-10(17)20-2)21(18,19)15-11-8(12)5-7(14)6-9(11)13/h5-6,15H,3-4H2,1-2H3. The van der Waals surface area contributed by atoms with E-state index in [4.69, 9.17) is 23.2 Å². The average molecular weight is 359 g/mol. The summed E-state index contributed by atoms with van der Waals surface area (Å²) in [4.78, 5) is 11.0. The first-order chi connectivity index (χ1) is 9.67. The van der Waals surface area contributed by atoms with E-state index in [9.17, 15) is 17.6 Å². The van der Waals surface area contributed by atoms with Crippen LogP contribution in [0.3, 0.4) is 0 Å². The highest BCUT2D eigenvalue weighted by Gasteiger charge is 2.21. The van der Waals surface area contributed by atoms with Gasteiger partial charge in [0.1, 0.15) is 5.82 Å². The van der Waals surface area contributed by atoms with Gasteiger partial charge in [0, 0.05) is 13.6 Å². The molecule has 0 atom stereocenters. The van der Waals surface area contributed by atoms with Crippen LogP contribution in [0.25, 0.3) is 0 Å². The molecule has 21 heavy (non-hydrogen) atoms. The quantitative estimate of drug-likeness (QED) is 0.791. The molecule has 1 N–H and O–H groups in total. The zero-order valence-electron chi connectivity index (χ0n) is 11.2. The van der Waals surface area contributed by atoms with Crippen LogP contribution in [0.1, 0.15) is 6.42 Å². The largest absolute Gasteiger partial charge is 0.469 e. The van der Waals surface area contributed by atoms with Crippen LogP contribution in [-0.2, 0) is 19.7 Å². The van der Waals surface area contributed by atoms with Crippen LogP contribution in [0.5, 0.6) is 0 Å². The van der Waals surface area contributed by atoms with E-state index < -0.39 is 22.0 Å². The number of hydrogen-bond acceptors (Lipinski definition) is 4. The van der Waals surface area contributed by atoms with E-state index in [1.807, 2.05) is 0 Å². The smallest absolute Gasteiger partial charge is 0.306 e. The predicted molar refractivity (Wildman–Crippen MR) is 78.2 cm³/mol. The molecule has 1 aromatic carbocycles. The zero-order chi connectivity index (χ0) is 16.2. The predicted octanol–water partition coefficient (Wildman–Crippen LogP) is 2.28. The Bertz CT molecular complexity index is 616. The normalized spacial score (nSPS) is 11.5. The lowest BCUT2D eigenvalue weighted by molar-refractivity contribution is -0.140. The number of anilines is 1. The molecule has 0 aliphatic rings. The molecule has 0 spiro atoms. The van der Waals surface area contributed by atoms with Crippen molar-refractivity contribution in [2.45, 2.75) is 6.42 Å². The number of esters is 1. The van der Waals surface area contributed by atoms with E-state index in [-0.39, 0.29) is 28.7 Å². The van der Waals surface area contributed by atoms with Crippen molar-refractivity contribution in [3.63, 3.8) is 0 Å². The third-order valence-electron chi connectivity index (χ3n) is 2.51. The molecule has 0 unspecified atom stereocenters. The number of rotatable bonds is 6. The summed E-state index contributed by atoms with van der Waals surface area (Å²) >= 11 is 11.5. The molecule has 0 saturated heterocycles. The zero-order valence-corrected chi connectivity index (χ0v) is 13.5. The van der Waals surface area contributed by atoms with Crippen LogP contribution in [0.2, 0.25) is 10.0 Å². The van der Waals surface area contributed by atoms with Gasteiger partial charge in [-0.1, -0.05) is 23.2 Å². The maximum atomic E-state index is 13.0. The van der Waals surface area contributed by atoms with Crippen LogP contribution in [0.4, 0.5) is 10.1 Å². The van der Waals surface area contributed by atoms with Crippen molar-refractivity contribution < 1.29 is 22.3 Å². The molecule has 1 rings (SSSR count). The van der Waals surface area contributed by atoms with Gasteiger partial charge in [-0.25, -0.2) is 4.39 Å². The van der Waals surface area contributed by atoms with Crippen LogP contribution in [0.15, 0.2) is 12.1 Å². The number of carbonyl (C=O) groups excluding carboxylic acids is 1. The molecule has 0 bridgehead atoms. The molecule has 10 heteroatoms. The highest BCUT2D eigenvalue weighted by atomic mass is 35.5. The summed E-state index contributed by atoms with van der Waals surface area (Å²) < 4.78 is 44.6. The Balaban J connectivity index is 2.88. The van der Waals surface area contributed by atoms with Crippen molar-refractivity contribution in [2.75, 3.05) is 25.4 Å². The lowest BCUT2D eigenvalue weighted by atomic mass is 10.3. The summed E-state index contributed by atoms with van der Waals surface area (Å²) in [6.45, 7) is -0.0988. The van der Waals surface area contributed by atoms with Gasteiger partial charge in [0.25, 0.3) is 0 Å². The molecular weight excluding hydrogens is 346 g/mol. The van der Waals surface area contributed by atoms with E-state index in [1.165, 1.54) is 14.2 Å². The van der Waals surface area contributed by atoms with E-state index in [0.717, 1.165) is 16.4 Å². The lowest BCUT2D eigenvalue weighted by Gasteiger charge is -2.19. The molecule has 0 aromatic heterocycles. The van der Waals surface area contributed by atoms with Crippen LogP contribution in [0, 0.1) is 5.82 Å². The number of hydrogen-bond donors (Lipinski definition) is 1. The molecule has 0 saturated carbocycles. The number of nitrogens with one attached hydrogen (secondary N) is 1. The fourth-order valence-electron chi connectivity index (χ4n) is 1.32. The molecule has 0 fully saturated rings. The van der Waals surface area contributed by atoms with Crippen molar-refractivity contribution in [2.24, 2.45) is 0 Å². The summed E-state index contributed by atoms with van der Waals surface area (Å²) in [6.07, 6.45) is -0.112. The minimum atomic E-state index is -3.99. The fraction of sp³-hybridized carbons (Fsp3) is 0.364. The molecular formula is C11H13Cl2FN2O4S. The van der Waals surface area contributed by atoms with Gasteiger partial charge in [-0.2, -0.15) is 12.7 Å². The minimum Gasteiger partial charge on any atom is -0.469 e. The average Bonchev–Trinajstić information content (AvgIpc) is 2.39. The molecule has 1 aromatic rings. The van der Waals surface area contributed by atoms with E-state index >= 15 is 0 Å². The number of benzene rings is 1. The highest BCUT2D eigenvalue weighted by molar-refractivity contribution is 7.90. The second-order valence-electron chi connectivity index (χ2n) is 4.00. The molecule has 0 amide bonds. The second-order valence-corrected chi connectivity index (χ2v) is 6.59. The molecule has 0 aliphatic carbocycles. The van der Waals surface area contributed by atoms with Gasteiger partial charge in [-0.05, 0) is 12.1 Å².